The van der Waals surface area contributed by atoms with Crippen molar-refractivity contribution in [1.82, 2.24) is 5.32 Å². The molecule has 0 fully saturated rings. The maximum absolute atomic E-state index is 3.76. The molecule has 1 aromatic carbocycles. The Morgan fingerprint density at radius 3 is 2.94 bits per heavy atom. The first-order chi connectivity index (χ1) is 7.69. The molecule has 0 spiro atoms. The van der Waals surface area contributed by atoms with E-state index in [1.54, 1.807) is 0 Å². The van der Waals surface area contributed by atoms with E-state index in [1.807, 2.05) is 13.1 Å². The summed E-state index contributed by atoms with van der Waals surface area (Å²) in [5, 5.41) is 3.39. The highest BCUT2D eigenvalue weighted by Crippen LogP contribution is 2.27. The van der Waals surface area contributed by atoms with E-state index >= 15 is 0 Å². The Hall–Kier alpha value is 0.130. The Kier molecular flexibility index (Phi) is 6.61. The molecule has 0 aliphatic heterocycles. The van der Waals surface area contributed by atoms with Crippen molar-refractivity contribution >= 4 is 38.5 Å². The van der Waals surface area contributed by atoms with Crippen molar-refractivity contribution in [2.45, 2.75) is 25.3 Å². The highest BCUT2D eigenvalue weighted by atomic mass is 127. The Balaban J connectivity index is 2.77. The van der Waals surface area contributed by atoms with E-state index in [-0.39, 0.29) is 0 Å². The maximum atomic E-state index is 3.76. The van der Waals surface area contributed by atoms with Crippen LogP contribution in [0, 0.1) is 3.57 Å². The van der Waals surface area contributed by atoms with Crippen molar-refractivity contribution in [3.8, 4) is 0 Å². The number of halogens is 2. The second kappa shape index (κ2) is 7.45. The SMILES string of the molecule is C=CCCCC(NC)c1cc(Br)ccc1I. The molecular formula is C13H17BrIN. The van der Waals surface area contributed by atoms with Gasteiger partial charge in [-0.3, -0.25) is 0 Å². The molecule has 16 heavy (non-hydrogen) atoms. The van der Waals surface area contributed by atoms with Gasteiger partial charge >= 0.3 is 0 Å². The van der Waals surface area contributed by atoms with Gasteiger partial charge in [0.25, 0.3) is 0 Å². The lowest BCUT2D eigenvalue weighted by molar-refractivity contribution is 0.528. The van der Waals surface area contributed by atoms with Crippen molar-refractivity contribution in [3.05, 3.63) is 44.5 Å². The molecule has 0 amide bonds. The molecule has 1 atom stereocenters. The fourth-order valence-corrected chi connectivity index (χ4v) is 2.79. The summed E-state index contributed by atoms with van der Waals surface area (Å²) < 4.78 is 2.46. The van der Waals surface area contributed by atoms with Crippen LogP contribution in [0.1, 0.15) is 30.9 Å². The minimum Gasteiger partial charge on any atom is -0.313 e. The smallest absolute Gasteiger partial charge is 0.0328 e. The lowest BCUT2D eigenvalue weighted by Crippen LogP contribution is -2.17. The minimum atomic E-state index is 0.435. The van der Waals surface area contributed by atoms with Gasteiger partial charge in [0.05, 0.1) is 0 Å². The third kappa shape index (κ3) is 4.18. The quantitative estimate of drug-likeness (QED) is 0.420. The van der Waals surface area contributed by atoms with Crippen LogP contribution in [0.5, 0.6) is 0 Å². The van der Waals surface area contributed by atoms with Gasteiger partial charge in [-0.2, -0.15) is 0 Å². The predicted octanol–water partition coefficient (Wildman–Crippen LogP) is 4.67. The Bertz CT molecular complexity index is 352. The van der Waals surface area contributed by atoms with Crippen LogP contribution in [-0.2, 0) is 0 Å². The van der Waals surface area contributed by atoms with E-state index in [4.69, 9.17) is 0 Å². The molecule has 1 aromatic rings. The number of rotatable bonds is 6. The van der Waals surface area contributed by atoms with Crippen molar-refractivity contribution < 1.29 is 0 Å². The molecule has 0 aliphatic rings. The zero-order valence-electron chi connectivity index (χ0n) is 9.47. The number of hydrogen-bond donors (Lipinski definition) is 1. The summed E-state index contributed by atoms with van der Waals surface area (Å²) in [6.07, 6.45) is 5.40. The molecular weight excluding hydrogens is 377 g/mol. The summed E-state index contributed by atoms with van der Waals surface area (Å²) >= 11 is 5.92. The van der Waals surface area contributed by atoms with E-state index in [2.05, 4.69) is 68.6 Å². The zero-order chi connectivity index (χ0) is 12.0. The van der Waals surface area contributed by atoms with E-state index in [0.29, 0.717) is 6.04 Å². The normalized spacial score (nSPS) is 12.4. The second-order valence-corrected chi connectivity index (χ2v) is 5.80. The lowest BCUT2D eigenvalue weighted by atomic mass is 10.0. The van der Waals surface area contributed by atoms with Crippen molar-refractivity contribution in [2.75, 3.05) is 7.05 Å². The number of allylic oxidation sites excluding steroid dienone is 1. The van der Waals surface area contributed by atoms with Gasteiger partial charge in [0.2, 0.25) is 0 Å². The molecule has 0 aliphatic carbocycles. The lowest BCUT2D eigenvalue weighted by Gasteiger charge is -2.18. The van der Waals surface area contributed by atoms with Gasteiger partial charge in [0.1, 0.15) is 0 Å². The molecule has 0 radical (unpaired) electrons. The number of benzene rings is 1. The first kappa shape index (κ1) is 14.2. The van der Waals surface area contributed by atoms with Crippen LogP contribution < -0.4 is 5.32 Å². The van der Waals surface area contributed by atoms with Crippen molar-refractivity contribution in [2.24, 2.45) is 0 Å². The molecule has 0 aromatic heterocycles. The molecule has 88 valence electrons. The molecule has 1 nitrogen and oxygen atoms in total. The summed E-state index contributed by atoms with van der Waals surface area (Å²) in [6, 6.07) is 6.88. The Labute approximate surface area is 120 Å². The maximum Gasteiger partial charge on any atom is 0.0328 e. The summed E-state index contributed by atoms with van der Waals surface area (Å²) in [6.45, 7) is 3.76. The first-order valence-corrected chi connectivity index (χ1v) is 7.29. The monoisotopic (exact) mass is 393 g/mol. The van der Waals surface area contributed by atoms with Crippen LogP contribution in [0.15, 0.2) is 35.3 Å². The van der Waals surface area contributed by atoms with Gasteiger partial charge in [0, 0.05) is 14.1 Å². The molecule has 0 saturated carbocycles. The minimum absolute atomic E-state index is 0.435. The predicted molar refractivity (Wildman–Crippen MR) is 82.7 cm³/mol. The molecule has 3 heteroatoms. The summed E-state index contributed by atoms with van der Waals surface area (Å²) in [4.78, 5) is 0. The second-order valence-electron chi connectivity index (χ2n) is 3.73. The fourth-order valence-electron chi connectivity index (χ4n) is 1.70. The van der Waals surface area contributed by atoms with E-state index in [1.165, 1.54) is 15.6 Å². The van der Waals surface area contributed by atoms with Crippen molar-refractivity contribution in [1.29, 1.82) is 0 Å². The molecule has 0 saturated heterocycles. The zero-order valence-corrected chi connectivity index (χ0v) is 13.2. The summed E-state index contributed by atoms with van der Waals surface area (Å²) in [5.74, 6) is 0. The fraction of sp³-hybridized carbons (Fsp3) is 0.385. The third-order valence-corrected chi connectivity index (χ3v) is 4.06. The topological polar surface area (TPSA) is 12.0 Å². The van der Waals surface area contributed by atoms with Gasteiger partial charge in [-0.05, 0) is 72.7 Å². The van der Waals surface area contributed by atoms with Gasteiger partial charge in [-0.25, -0.2) is 0 Å². The first-order valence-electron chi connectivity index (χ1n) is 5.42. The van der Waals surface area contributed by atoms with Gasteiger partial charge < -0.3 is 5.32 Å². The average molecular weight is 394 g/mol. The average Bonchev–Trinajstić information content (AvgIpc) is 2.28. The van der Waals surface area contributed by atoms with Crippen LogP contribution in [0.2, 0.25) is 0 Å². The standard InChI is InChI=1S/C13H17BrIN/c1-3-4-5-6-13(16-2)11-9-10(14)7-8-12(11)15/h3,7-9,13,16H,1,4-6H2,2H3. The summed E-state index contributed by atoms with van der Waals surface area (Å²) in [7, 11) is 2.02. The van der Waals surface area contributed by atoms with Crippen LogP contribution in [-0.4, -0.2) is 7.05 Å². The highest BCUT2D eigenvalue weighted by Gasteiger charge is 2.12. The number of unbranched alkanes of at least 4 members (excludes halogenated alkanes) is 1. The van der Waals surface area contributed by atoms with Gasteiger partial charge in [0.15, 0.2) is 0 Å². The number of nitrogens with one attached hydrogen (secondary N) is 1. The molecule has 0 heterocycles. The largest absolute Gasteiger partial charge is 0.313 e. The highest BCUT2D eigenvalue weighted by molar-refractivity contribution is 14.1. The molecule has 0 bridgehead atoms. The van der Waals surface area contributed by atoms with Crippen LogP contribution >= 0.6 is 38.5 Å². The third-order valence-electron chi connectivity index (χ3n) is 2.58. The van der Waals surface area contributed by atoms with Gasteiger partial charge in [-0.1, -0.05) is 22.0 Å². The van der Waals surface area contributed by atoms with Crippen LogP contribution in [0.25, 0.3) is 0 Å². The molecule has 1 unspecified atom stereocenters. The van der Waals surface area contributed by atoms with Crippen LogP contribution in [0.4, 0.5) is 0 Å². The Morgan fingerprint density at radius 1 is 1.56 bits per heavy atom. The van der Waals surface area contributed by atoms with E-state index in [0.717, 1.165) is 17.3 Å². The molecule has 1 N–H and O–H groups in total. The van der Waals surface area contributed by atoms with Gasteiger partial charge in [-0.15, -0.1) is 6.58 Å². The van der Waals surface area contributed by atoms with E-state index < -0.39 is 0 Å². The van der Waals surface area contributed by atoms with E-state index in [9.17, 15) is 0 Å². The molecule has 1 rings (SSSR count). The number of hydrogen-bond acceptors (Lipinski definition) is 1. The summed E-state index contributed by atoms with van der Waals surface area (Å²) in [5.41, 5.74) is 1.38. The van der Waals surface area contributed by atoms with Crippen molar-refractivity contribution in [3.63, 3.8) is 0 Å². The van der Waals surface area contributed by atoms with Crippen LogP contribution in [0.3, 0.4) is 0 Å². The Morgan fingerprint density at radius 2 is 2.31 bits per heavy atom.